The lowest BCUT2D eigenvalue weighted by Crippen LogP contribution is -2.28. The predicted molar refractivity (Wildman–Crippen MR) is 148 cm³/mol. The van der Waals surface area contributed by atoms with E-state index in [2.05, 4.69) is 15.4 Å². The Balaban J connectivity index is 1.21. The third-order valence-electron chi connectivity index (χ3n) is 6.48. The third kappa shape index (κ3) is 4.85. The molecule has 1 aliphatic heterocycles. The molecular formula is C29H24ClN5O5. The normalized spacial score (nSPS) is 12.1. The van der Waals surface area contributed by atoms with Crippen LogP contribution >= 0.6 is 11.6 Å². The molecule has 11 heteroatoms. The highest BCUT2D eigenvalue weighted by molar-refractivity contribution is 6.30. The van der Waals surface area contributed by atoms with Crippen molar-refractivity contribution in [2.24, 2.45) is 0 Å². The van der Waals surface area contributed by atoms with Gasteiger partial charge in [0.15, 0.2) is 29.5 Å². The van der Waals surface area contributed by atoms with Gasteiger partial charge in [0.25, 0.3) is 11.5 Å². The number of hydrogen-bond acceptors (Lipinski definition) is 7. The van der Waals surface area contributed by atoms with Crippen molar-refractivity contribution < 1.29 is 19.0 Å². The number of carbonyl (C=O) groups is 1. The van der Waals surface area contributed by atoms with Crippen LogP contribution in [0.5, 0.6) is 17.2 Å². The van der Waals surface area contributed by atoms with Gasteiger partial charge in [0.05, 0.1) is 16.9 Å². The van der Waals surface area contributed by atoms with Crippen LogP contribution in [0.1, 0.15) is 17.0 Å². The SMILES string of the molecule is Cc1nc2c(OCC(=O)NCc3ccc4c(c3)OCO4)cccn2c(=O)c1-c1cc(C)n(-c2cccc(Cl)c2)n1. The number of fused-ring (bicyclic) bond motifs is 2. The van der Waals surface area contributed by atoms with E-state index in [0.717, 1.165) is 16.9 Å². The van der Waals surface area contributed by atoms with Crippen LogP contribution in [0.3, 0.4) is 0 Å². The van der Waals surface area contributed by atoms with Gasteiger partial charge in [-0.1, -0.05) is 23.7 Å². The summed E-state index contributed by atoms with van der Waals surface area (Å²) in [5, 5.41) is 8.08. The van der Waals surface area contributed by atoms with Crippen LogP contribution in [0.15, 0.2) is 71.7 Å². The molecule has 0 atom stereocenters. The molecule has 0 saturated heterocycles. The highest BCUT2D eigenvalue weighted by Crippen LogP contribution is 2.32. The average molecular weight is 558 g/mol. The van der Waals surface area contributed by atoms with Crippen molar-refractivity contribution >= 4 is 23.2 Å². The van der Waals surface area contributed by atoms with Crippen LogP contribution < -0.4 is 25.1 Å². The zero-order valence-corrected chi connectivity index (χ0v) is 22.4. The summed E-state index contributed by atoms with van der Waals surface area (Å²) < 4.78 is 19.6. The number of aromatic nitrogens is 4. The summed E-state index contributed by atoms with van der Waals surface area (Å²) in [5.41, 5.74) is 3.87. The van der Waals surface area contributed by atoms with Gasteiger partial charge in [-0.2, -0.15) is 5.10 Å². The van der Waals surface area contributed by atoms with E-state index in [1.165, 1.54) is 4.40 Å². The lowest BCUT2D eigenvalue weighted by atomic mass is 10.1. The van der Waals surface area contributed by atoms with Gasteiger partial charge in [-0.15, -0.1) is 0 Å². The van der Waals surface area contributed by atoms with E-state index in [4.69, 9.17) is 25.8 Å². The molecule has 3 aromatic heterocycles. The summed E-state index contributed by atoms with van der Waals surface area (Å²) in [7, 11) is 0. The minimum atomic E-state index is -0.322. The smallest absolute Gasteiger partial charge is 0.267 e. The molecule has 4 heterocycles. The van der Waals surface area contributed by atoms with Crippen LogP contribution in [0.25, 0.3) is 22.6 Å². The molecule has 6 rings (SSSR count). The molecule has 0 saturated carbocycles. The molecule has 0 bridgehead atoms. The Morgan fingerprint density at radius 1 is 1.07 bits per heavy atom. The highest BCUT2D eigenvalue weighted by atomic mass is 35.5. The number of amides is 1. The molecule has 0 aliphatic carbocycles. The molecule has 10 nitrogen and oxygen atoms in total. The van der Waals surface area contributed by atoms with Crippen molar-refractivity contribution in [2.75, 3.05) is 13.4 Å². The van der Waals surface area contributed by atoms with E-state index < -0.39 is 0 Å². The predicted octanol–water partition coefficient (Wildman–Crippen LogP) is 4.24. The lowest BCUT2D eigenvalue weighted by Gasteiger charge is -2.12. The topological polar surface area (TPSA) is 109 Å². The maximum Gasteiger partial charge on any atom is 0.267 e. The number of hydrogen-bond donors (Lipinski definition) is 1. The summed E-state index contributed by atoms with van der Waals surface area (Å²) in [6.07, 6.45) is 1.61. The largest absolute Gasteiger partial charge is 0.480 e. The van der Waals surface area contributed by atoms with Crippen molar-refractivity contribution in [3.8, 4) is 34.2 Å². The summed E-state index contributed by atoms with van der Waals surface area (Å²) in [6, 6.07) is 18.0. The summed E-state index contributed by atoms with van der Waals surface area (Å²) in [5.74, 6) is 1.32. The van der Waals surface area contributed by atoms with Crippen LogP contribution in [0, 0.1) is 13.8 Å². The first-order valence-electron chi connectivity index (χ1n) is 12.5. The number of carbonyl (C=O) groups excluding carboxylic acids is 1. The van der Waals surface area contributed by atoms with Gasteiger partial charge in [-0.25, -0.2) is 9.67 Å². The molecule has 2 aromatic carbocycles. The molecular weight excluding hydrogens is 534 g/mol. The average Bonchev–Trinajstić information content (AvgIpc) is 3.57. The first-order chi connectivity index (χ1) is 19.4. The van der Waals surface area contributed by atoms with E-state index in [-0.39, 0.29) is 24.9 Å². The van der Waals surface area contributed by atoms with Crippen LogP contribution in [0.2, 0.25) is 5.02 Å². The van der Waals surface area contributed by atoms with Gasteiger partial charge in [0, 0.05) is 23.5 Å². The minimum Gasteiger partial charge on any atom is -0.480 e. The van der Waals surface area contributed by atoms with E-state index in [1.807, 2.05) is 37.3 Å². The number of nitrogens with one attached hydrogen (secondary N) is 1. The van der Waals surface area contributed by atoms with Gasteiger partial charge < -0.3 is 19.5 Å². The van der Waals surface area contributed by atoms with Crippen LogP contribution in [-0.4, -0.2) is 38.5 Å². The van der Waals surface area contributed by atoms with Gasteiger partial charge in [0.2, 0.25) is 6.79 Å². The lowest BCUT2D eigenvalue weighted by molar-refractivity contribution is -0.123. The van der Waals surface area contributed by atoms with E-state index in [0.29, 0.717) is 51.4 Å². The number of ether oxygens (including phenoxy) is 3. The van der Waals surface area contributed by atoms with Crippen molar-refractivity contribution in [3.63, 3.8) is 0 Å². The van der Waals surface area contributed by atoms with E-state index in [1.54, 1.807) is 48.1 Å². The highest BCUT2D eigenvalue weighted by Gasteiger charge is 2.19. The molecule has 40 heavy (non-hydrogen) atoms. The van der Waals surface area contributed by atoms with Crippen LogP contribution in [0.4, 0.5) is 0 Å². The van der Waals surface area contributed by atoms with Crippen molar-refractivity contribution in [1.82, 2.24) is 24.5 Å². The maximum absolute atomic E-state index is 13.6. The van der Waals surface area contributed by atoms with E-state index >= 15 is 0 Å². The molecule has 1 amide bonds. The number of aryl methyl sites for hydroxylation is 2. The number of pyridine rings is 1. The second-order valence-corrected chi connectivity index (χ2v) is 9.70. The Bertz CT molecular complexity index is 1830. The second-order valence-electron chi connectivity index (χ2n) is 9.26. The fourth-order valence-corrected chi connectivity index (χ4v) is 4.75. The van der Waals surface area contributed by atoms with Crippen molar-refractivity contribution in [3.05, 3.63) is 99.2 Å². The van der Waals surface area contributed by atoms with E-state index in [9.17, 15) is 9.59 Å². The first-order valence-corrected chi connectivity index (χ1v) is 12.9. The minimum absolute atomic E-state index is 0.189. The molecule has 1 N–H and O–H groups in total. The zero-order valence-electron chi connectivity index (χ0n) is 21.7. The molecule has 0 radical (unpaired) electrons. The Labute approximate surface area is 233 Å². The number of nitrogens with zero attached hydrogens (tertiary/aromatic N) is 4. The Hall–Kier alpha value is -4.83. The quantitative estimate of drug-likeness (QED) is 0.319. The second kappa shape index (κ2) is 10.4. The molecule has 1 aliphatic rings. The molecule has 0 fully saturated rings. The van der Waals surface area contributed by atoms with Crippen LogP contribution in [-0.2, 0) is 11.3 Å². The number of rotatable bonds is 7. The maximum atomic E-state index is 13.6. The number of benzene rings is 2. The van der Waals surface area contributed by atoms with Gasteiger partial charge in [-0.3, -0.25) is 14.0 Å². The molecule has 0 unspecified atom stereocenters. The fraction of sp³-hybridized carbons (Fsp3) is 0.172. The summed E-state index contributed by atoms with van der Waals surface area (Å²) in [6.45, 7) is 3.90. The molecule has 202 valence electrons. The Kier molecular flexibility index (Phi) is 6.61. The van der Waals surface area contributed by atoms with Gasteiger partial charge in [0.1, 0.15) is 5.69 Å². The molecule has 5 aromatic rings. The van der Waals surface area contributed by atoms with Crippen molar-refractivity contribution in [1.29, 1.82) is 0 Å². The Morgan fingerprint density at radius 2 is 1.93 bits per heavy atom. The Morgan fingerprint density at radius 3 is 2.77 bits per heavy atom. The zero-order chi connectivity index (χ0) is 27.8. The third-order valence-corrected chi connectivity index (χ3v) is 6.72. The fourth-order valence-electron chi connectivity index (χ4n) is 4.56. The molecule has 0 spiro atoms. The number of halogens is 1. The summed E-state index contributed by atoms with van der Waals surface area (Å²) in [4.78, 5) is 30.7. The first kappa shape index (κ1) is 25.4. The monoisotopic (exact) mass is 557 g/mol. The summed E-state index contributed by atoms with van der Waals surface area (Å²) >= 11 is 6.16. The van der Waals surface area contributed by atoms with Gasteiger partial charge >= 0.3 is 0 Å². The van der Waals surface area contributed by atoms with Gasteiger partial charge in [-0.05, 0) is 67.9 Å². The van der Waals surface area contributed by atoms with Crippen molar-refractivity contribution in [2.45, 2.75) is 20.4 Å². The standard InChI is InChI=1S/C29H24ClN5O5/c1-17-11-22(33-35(17)21-6-3-5-20(30)13-21)27-18(2)32-28-24(7-4-10-34(28)29(27)37)38-15-26(36)31-14-19-8-9-23-25(12-19)40-16-39-23/h3-13H,14-16H2,1-2H3,(H,31,36).